The summed E-state index contributed by atoms with van der Waals surface area (Å²) in [5.41, 5.74) is 3.90. The summed E-state index contributed by atoms with van der Waals surface area (Å²) in [5, 5.41) is 7.04. The first-order valence-electron chi connectivity index (χ1n) is 11.6. The number of para-hydroxylation sites is 1. The minimum atomic E-state index is -0.136. The third-order valence-electron chi connectivity index (χ3n) is 6.08. The maximum Gasteiger partial charge on any atom is 0.226 e. The molecule has 0 bridgehead atoms. The molecular weight excluding hydrogens is 456 g/mol. The number of hydrogen-bond donors (Lipinski definition) is 2. The molecular formula is C27H26N6OS. The van der Waals surface area contributed by atoms with Crippen molar-refractivity contribution >= 4 is 28.9 Å². The first-order valence-corrected chi connectivity index (χ1v) is 12.0. The number of pyridine rings is 2. The number of thiocarbonyl (C=S) groups is 1. The lowest BCUT2D eigenvalue weighted by Crippen LogP contribution is -2.33. The summed E-state index contributed by atoms with van der Waals surface area (Å²) in [6.07, 6.45) is 7.83. The topological polar surface area (TPSA) is 75.1 Å². The van der Waals surface area contributed by atoms with E-state index < -0.39 is 0 Å². The van der Waals surface area contributed by atoms with Crippen molar-refractivity contribution in [2.24, 2.45) is 0 Å². The monoisotopic (exact) mass is 482 g/mol. The number of nitrogens with one attached hydrogen (secondary N) is 2. The highest BCUT2D eigenvalue weighted by molar-refractivity contribution is 7.80. The number of anilines is 1. The molecule has 1 aromatic carbocycles. The van der Waals surface area contributed by atoms with E-state index >= 15 is 0 Å². The second-order valence-electron chi connectivity index (χ2n) is 8.41. The average molecular weight is 483 g/mol. The Labute approximate surface area is 209 Å². The zero-order valence-corrected chi connectivity index (χ0v) is 19.9. The number of hydrogen-bond acceptors (Lipinski definition) is 4. The number of carbonyl (C=O) groups is 1. The van der Waals surface area contributed by atoms with Gasteiger partial charge in [0.05, 0.1) is 17.8 Å². The second kappa shape index (κ2) is 10.5. The molecule has 0 saturated carbocycles. The van der Waals surface area contributed by atoms with Crippen LogP contribution in [-0.4, -0.2) is 37.0 Å². The molecule has 0 unspecified atom stereocenters. The van der Waals surface area contributed by atoms with Crippen LogP contribution in [0.15, 0.2) is 97.6 Å². The zero-order valence-electron chi connectivity index (χ0n) is 19.1. The van der Waals surface area contributed by atoms with Crippen molar-refractivity contribution < 1.29 is 4.79 Å². The minimum Gasteiger partial charge on any atom is -0.352 e. The summed E-state index contributed by atoms with van der Waals surface area (Å²) in [7, 11) is 0. The van der Waals surface area contributed by atoms with Crippen LogP contribution in [0.3, 0.4) is 0 Å². The molecule has 1 amide bonds. The van der Waals surface area contributed by atoms with Crippen molar-refractivity contribution in [1.29, 1.82) is 0 Å². The first-order chi connectivity index (χ1) is 17.2. The van der Waals surface area contributed by atoms with Crippen molar-refractivity contribution in [1.82, 2.24) is 24.8 Å². The van der Waals surface area contributed by atoms with Crippen LogP contribution in [0.4, 0.5) is 5.69 Å². The first kappa shape index (κ1) is 22.7. The van der Waals surface area contributed by atoms with Crippen LogP contribution in [0.5, 0.6) is 0 Å². The Morgan fingerprint density at radius 2 is 1.86 bits per heavy atom. The van der Waals surface area contributed by atoms with Crippen LogP contribution in [0.25, 0.3) is 0 Å². The predicted octanol–water partition coefficient (Wildman–Crippen LogP) is 4.33. The number of amides is 1. The Balaban J connectivity index is 1.41. The number of rotatable bonds is 8. The highest BCUT2D eigenvalue weighted by atomic mass is 32.1. The minimum absolute atomic E-state index is 0.0511. The van der Waals surface area contributed by atoms with Gasteiger partial charge in [0.15, 0.2) is 5.11 Å². The van der Waals surface area contributed by atoms with E-state index in [1.807, 2.05) is 66.9 Å². The molecule has 176 valence electrons. The van der Waals surface area contributed by atoms with Crippen LogP contribution in [-0.2, 0) is 11.3 Å². The third kappa shape index (κ3) is 5.22. The van der Waals surface area contributed by atoms with Gasteiger partial charge in [-0.05, 0) is 60.2 Å². The van der Waals surface area contributed by atoms with E-state index in [9.17, 15) is 4.79 Å². The molecule has 1 saturated heterocycles. The molecule has 4 heterocycles. The average Bonchev–Trinajstić information content (AvgIpc) is 3.47. The van der Waals surface area contributed by atoms with Gasteiger partial charge >= 0.3 is 0 Å². The van der Waals surface area contributed by atoms with E-state index in [0.29, 0.717) is 24.6 Å². The van der Waals surface area contributed by atoms with E-state index in [4.69, 9.17) is 12.2 Å². The van der Waals surface area contributed by atoms with Crippen molar-refractivity contribution in [3.8, 4) is 0 Å². The van der Waals surface area contributed by atoms with Crippen molar-refractivity contribution in [2.45, 2.75) is 25.0 Å². The van der Waals surface area contributed by atoms with Crippen LogP contribution >= 0.6 is 12.2 Å². The molecule has 1 fully saturated rings. The SMILES string of the molecule is O=C(CCN1C(=S)N[C@@H](c2ccccn2)[C@@H]1c1cccn1Cc1cccnc1)Nc1ccccc1. The molecule has 35 heavy (non-hydrogen) atoms. The van der Waals surface area contributed by atoms with Crippen molar-refractivity contribution in [3.63, 3.8) is 0 Å². The summed E-state index contributed by atoms with van der Waals surface area (Å²) < 4.78 is 2.21. The van der Waals surface area contributed by atoms with Gasteiger partial charge in [0.2, 0.25) is 5.91 Å². The van der Waals surface area contributed by atoms with E-state index in [2.05, 4.69) is 48.4 Å². The van der Waals surface area contributed by atoms with Gasteiger partial charge in [0.25, 0.3) is 0 Å². The Hall–Kier alpha value is -4.04. The molecule has 4 aromatic rings. The van der Waals surface area contributed by atoms with Gasteiger partial charge in [0.1, 0.15) is 0 Å². The fourth-order valence-electron chi connectivity index (χ4n) is 4.46. The van der Waals surface area contributed by atoms with Crippen molar-refractivity contribution in [3.05, 3.63) is 115 Å². The van der Waals surface area contributed by atoms with Crippen LogP contribution in [0, 0.1) is 0 Å². The number of nitrogens with zero attached hydrogens (tertiary/aromatic N) is 4. The molecule has 3 aromatic heterocycles. The summed E-state index contributed by atoms with van der Waals surface area (Å²) in [5.74, 6) is -0.0511. The van der Waals surface area contributed by atoms with Gasteiger partial charge < -0.3 is 20.1 Å². The Morgan fingerprint density at radius 3 is 2.63 bits per heavy atom. The van der Waals surface area contributed by atoms with E-state index in [1.165, 1.54) is 0 Å². The Morgan fingerprint density at radius 1 is 1.00 bits per heavy atom. The van der Waals surface area contributed by atoms with Crippen LogP contribution in [0.1, 0.15) is 35.5 Å². The molecule has 0 radical (unpaired) electrons. The van der Waals surface area contributed by atoms with Crippen LogP contribution < -0.4 is 10.6 Å². The van der Waals surface area contributed by atoms with E-state index in [-0.39, 0.29) is 18.0 Å². The van der Waals surface area contributed by atoms with E-state index in [0.717, 1.165) is 22.6 Å². The highest BCUT2D eigenvalue weighted by Crippen LogP contribution is 2.39. The van der Waals surface area contributed by atoms with Gasteiger partial charge in [-0.2, -0.15) is 0 Å². The largest absolute Gasteiger partial charge is 0.352 e. The van der Waals surface area contributed by atoms with Gasteiger partial charge in [0, 0.05) is 55.7 Å². The Kier molecular flexibility index (Phi) is 6.81. The van der Waals surface area contributed by atoms with E-state index in [1.54, 1.807) is 12.4 Å². The molecule has 5 rings (SSSR count). The molecule has 0 aliphatic carbocycles. The highest BCUT2D eigenvalue weighted by Gasteiger charge is 2.41. The molecule has 2 atom stereocenters. The van der Waals surface area contributed by atoms with Gasteiger partial charge in [-0.25, -0.2) is 0 Å². The summed E-state index contributed by atoms with van der Waals surface area (Å²) in [4.78, 5) is 23.7. The number of aromatic nitrogens is 3. The molecule has 2 N–H and O–H groups in total. The summed E-state index contributed by atoms with van der Waals surface area (Å²) in [6.45, 7) is 1.17. The lowest BCUT2D eigenvalue weighted by atomic mass is 10.0. The predicted molar refractivity (Wildman–Crippen MR) is 140 cm³/mol. The molecule has 1 aliphatic rings. The third-order valence-corrected chi connectivity index (χ3v) is 6.43. The lowest BCUT2D eigenvalue weighted by Gasteiger charge is -2.29. The Bertz CT molecular complexity index is 1280. The van der Waals surface area contributed by atoms with Crippen LogP contribution in [0.2, 0.25) is 0 Å². The summed E-state index contributed by atoms with van der Waals surface area (Å²) in [6, 6.07) is 23.3. The maximum atomic E-state index is 12.7. The fraction of sp³-hybridized carbons (Fsp3) is 0.185. The lowest BCUT2D eigenvalue weighted by molar-refractivity contribution is -0.116. The quantitative estimate of drug-likeness (QED) is 0.364. The van der Waals surface area contributed by atoms with Gasteiger partial charge in [-0.15, -0.1) is 0 Å². The van der Waals surface area contributed by atoms with Gasteiger partial charge in [-0.3, -0.25) is 14.8 Å². The summed E-state index contributed by atoms with van der Waals surface area (Å²) >= 11 is 5.76. The standard InChI is InChI=1S/C27H26N6OS/c34-24(30-21-9-2-1-3-10-21)13-17-33-26(25(31-27(33)35)22-11-4-5-15-29-22)23-12-7-16-32(23)19-20-8-6-14-28-18-20/h1-12,14-16,18,25-26H,13,17,19H2,(H,30,34)(H,31,35)/t25-,26-/m0/s1. The number of benzene rings is 1. The molecule has 7 nitrogen and oxygen atoms in total. The fourth-order valence-corrected chi connectivity index (χ4v) is 4.79. The molecule has 1 aliphatic heterocycles. The molecule has 8 heteroatoms. The zero-order chi connectivity index (χ0) is 24.0. The number of carbonyl (C=O) groups excluding carboxylic acids is 1. The maximum absolute atomic E-state index is 12.7. The normalized spacial score (nSPS) is 17.3. The van der Waals surface area contributed by atoms with Crippen molar-refractivity contribution in [2.75, 3.05) is 11.9 Å². The van der Waals surface area contributed by atoms with Gasteiger partial charge in [-0.1, -0.05) is 30.3 Å². The smallest absolute Gasteiger partial charge is 0.226 e. The molecule has 0 spiro atoms. The second-order valence-corrected chi connectivity index (χ2v) is 8.79.